The second-order valence-corrected chi connectivity index (χ2v) is 3.10. The Labute approximate surface area is 73.5 Å². The van der Waals surface area contributed by atoms with Crippen molar-refractivity contribution in [1.29, 1.82) is 0 Å². The molecule has 2 heteroatoms. The molecule has 0 bridgehead atoms. The standard InChI is InChI=1S/C10H16O2/c1-4-11-7-9-5-6-10(12-9)8(2)3/h5-6,8H,4,7H2,1-3H3. The zero-order valence-corrected chi connectivity index (χ0v) is 7.96. The SMILES string of the molecule is CCOCc1ccc(C(C)C)o1. The molecule has 0 radical (unpaired) electrons. The van der Waals surface area contributed by atoms with Gasteiger partial charge in [0.15, 0.2) is 0 Å². The summed E-state index contributed by atoms with van der Waals surface area (Å²) in [6, 6.07) is 3.99. The van der Waals surface area contributed by atoms with Gasteiger partial charge in [-0.05, 0) is 19.1 Å². The number of rotatable bonds is 4. The quantitative estimate of drug-likeness (QED) is 0.689. The third kappa shape index (κ3) is 2.38. The van der Waals surface area contributed by atoms with Crippen LogP contribution in [-0.2, 0) is 11.3 Å². The van der Waals surface area contributed by atoms with Crippen LogP contribution in [0.5, 0.6) is 0 Å². The molecule has 0 saturated carbocycles. The average molecular weight is 168 g/mol. The summed E-state index contributed by atoms with van der Waals surface area (Å²) in [6.07, 6.45) is 0. The molecule has 1 aromatic rings. The average Bonchev–Trinajstić information content (AvgIpc) is 2.48. The maximum absolute atomic E-state index is 5.52. The Morgan fingerprint density at radius 3 is 2.67 bits per heavy atom. The van der Waals surface area contributed by atoms with Crippen LogP contribution in [0.3, 0.4) is 0 Å². The molecule has 2 nitrogen and oxygen atoms in total. The minimum atomic E-state index is 0.459. The van der Waals surface area contributed by atoms with Crippen LogP contribution < -0.4 is 0 Å². The van der Waals surface area contributed by atoms with E-state index >= 15 is 0 Å². The molecular weight excluding hydrogens is 152 g/mol. The molecule has 1 heterocycles. The minimum absolute atomic E-state index is 0.459. The smallest absolute Gasteiger partial charge is 0.129 e. The molecule has 0 atom stereocenters. The van der Waals surface area contributed by atoms with Gasteiger partial charge in [0.25, 0.3) is 0 Å². The van der Waals surface area contributed by atoms with Gasteiger partial charge in [-0.25, -0.2) is 0 Å². The van der Waals surface area contributed by atoms with Crippen molar-refractivity contribution in [2.75, 3.05) is 6.61 Å². The predicted octanol–water partition coefficient (Wildman–Crippen LogP) is 2.94. The van der Waals surface area contributed by atoms with Crippen LogP contribution in [0.15, 0.2) is 16.5 Å². The number of hydrogen-bond donors (Lipinski definition) is 0. The van der Waals surface area contributed by atoms with E-state index in [1.807, 2.05) is 19.1 Å². The van der Waals surface area contributed by atoms with Crippen molar-refractivity contribution in [1.82, 2.24) is 0 Å². The Hall–Kier alpha value is -0.760. The van der Waals surface area contributed by atoms with E-state index in [2.05, 4.69) is 13.8 Å². The lowest BCUT2D eigenvalue weighted by Gasteiger charge is -1.99. The zero-order chi connectivity index (χ0) is 8.97. The van der Waals surface area contributed by atoms with Gasteiger partial charge in [-0.2, -0.15) is 0 Å². The summed E-state index contributed by atoms with van der Waals surface area (Å²) in [7, 11) is 0. The molecule has 0 unspecified atom stereocenters. The number of furan rings is 1. The first-order valence-electron chi connectivity index (χ1n) is 4.40. The van der Waals surface area contributed by atoms with Crippen LogP contribution >= 0.6 is 0 Å². The van der Waals surface area contributed by atoms with Crippen LogP contribution in [-0.4, -0.2) is 6.61 Å². The topological polar surface area (TPSA) is 22.4 Å². The second-order valence-electron chi connectivity index (χ2n) is 3.10. The van der Waals surface area contributed by atoms with Crippen molar-refractivity contribution in [3.8, 4) is 0 Å². The largest absolute Gasteiger partial charge is 0.463 e. The molecule has 0 aliphatic carbocycles. The molecule has 0 amide bonds. The molecule has 0 fully saturated rings. The highest BCUT2D eigenvalue weighted by Gasteiger charge is 2.04. The summed E-state index contributed by atoms with van der Waals surface area (Å²) in [6.45, 7) is 7.53. The highest BCUT2D eigenvalue weighted by atomic mass is 16.5. The highest BCUT2D eigenvalue weighted by Crippen LogP contribution is 2.17. The van der Waals surface area contributed by atoms with Gasteiger partial charge in [0.1, 0.15) is 18.1 Å². The maximum Gasteiger partial charge on any atom is 0.129 e. The van der Waals surface area contributed by atoms with Gasteiger partial charge in [0.2, 0.25) is 0 Å². The Morgan fingerprint density at radius 2 is 2.17 bits per heavy atom. The van der Waals surface area contributed by atoms with E-state index in [1.54, 1.807) is 0 Å². The minimum Gasteiger partial charge on any atom is -0.463 e. The molecule has 0 aromatic carbocycles. The van der Waals surface area contributed by atoms with E-state index in [-0.39, 0.29) is 0 Å². The second kappa shape index (κ2) is 4.31. The fraction of sp³-hybridized carbons (Fsp3) is 0.600. The third-order valence-electron chi connectivity index (χ3n) is 1.70. The van der Waals surface area contributed by atoms with Gasteiger partial charge in [-0.3, -0.25) is 0 Å². The Morgan fingerprint density at radius 1 is 1.42 bits per heavy atom. The van der Waals surface area contributed by atoms with Gasteiger partial charge in [-0.15, -0.1) is 0 Å². The van der Waals surface area contributed by atoms with E-state index in [0.717, 1.165) is 18.1 Å². The van der Waals surface area contributed by atoms with Crippen molar-refractivity contribution >= 4 is 0 Å². The van der Waals surface area contributed by atoms with Gasteiger partial charge < -0.3 is 9.15 Å². The first-order valence-corrected chi connectivity index (χ1v) is 4.40. The summed E-state index contributed by atoms with van der Waals surface area (Å²) in [5.74, 6) is 2.41. The van der Waals surface area contributed by atoms with Crippen LogP contribution in [0.4, 0.5) is 0 Å². The van der Waals surface area contributed by atoms with Crippen molar-refractivity contribution in [3.63, 3.8) is 0 Å². The molecule has 0 spiro atoms. The van der Waals surface area contributed by atoms with Gasteiger partial charge >= 0.3 is 0 Å². The van der Waals surface area contributed by atoms with Crippen molar-refractivity contribution in [2.24, 2.45) is 0 Å². The first-order chi connectivity index (χ1) is 5.74. The van der Waals surface area contributed by atoms with Crippen molar-refractivity contribution in [2.45, 2.75) is 33.3 Å². The molecule has 0 N–H and O–H groups in total. The van der Waals surface area contributed by atoms with Crippen LogP contribution in [0.25, 0.3) is 0 Å². The summed E-state index contributed by atoms with van der Waals surface area (Å²) in [5, 5.41) is 0. The molecule has 68 valence electrons. The van der Waals surface area contributed by atoms with Crippen LogP contribution in [0, 0.1) is 0 Å². The van der Waals surface area contributed by atoms with Gasteiger partial charge in [0, 0.05) is 12.5 Å². The number of hydrogen-bond acceptors (Lipinski definition) is 2. The lowest BCUT2D eigenvalue weighted by molar-refractivity contribution is 0.117. The van der Waals surface area contributed by atoms with E-state index < -0.39 is 0 Å². The fourth-order valence-electron chi connectivity index (χ4n) is 0.985. The zero-order valence-electron chi connectivity index (χ0n) is 7.96. The van der Waals surface area contributed by atoms with Gasteiger partial charge in [0.05, 0.1) is 0 Å². The third-order valence-corrected chi connectivity index (χ3v) is 1.70. The van der Waals surface area contributed by atoms with Crippen molar-refractivity contribution in [3.05, 3.63) is 23.7 Å². The Balaban J connectivity index is 2.52. The van der Waals surface area contributed by atoms with Crippen LogP contribution in [0.1, 0.15) is 38.2 Å². The van der Waals surface area contributed by atoms with Crippen molar-refractivity contribution < 1.29 is 9.15 Å². The Bertz CT molecular complexity index is 225. The number of ether oxygens (including phenoxy) is 1. The molecule has 1 aromatic heterocycles. The highest BCUT2D eigenvalue weighted by molar-refractivity contribution is 5.09. The predicted molar refractivity (Wildman–Crippen MR) is 48.1 cm³/mol. The lowest BCUT2D eigenvalue weighted by Crippen LogP contribution is -1.89. The van der Waals surface area contributed by atoms with E-state index in [4.69, 9.17) is 9.15 Å². The molecule has 0 aliphatic rings. The summed E-state index contributed by atoms with van der Waals surface area (Å²) in [4.78, 5) is 0. The molecule has 12 heavy (non-hydrogen) atoms. The van der Waals surface area contributed by atoms with E-state index in [9.17, 15) is 0 Å². The summed E-state index contributed by atoms with van der Waals surface area (Å²) < 4.78 is 10.7. The Kier molecular flexibility index (Phi) is 3.35. The monoisotopic (exact) mass is 168 g/mol. The first kappa shape index (κ1) is 9.33. The molecule has 0 saturated heterocycles. The molecule has 0 aliphatic heterocycles. The van der Waals surface area contributed by atoms with E-state index in [0.29, 0.717) is 12.5 Å². The van der Waals surface area contributed by atoms with E-state index in [1.165, 1.54) is 0 Å². The molecular formula is C10H16O2. The van der Waals surface area contributed by atoms with Crippen LogP contribution in [0.2, 0.25) is 0 Å². The summed E-state index contributed by atoms with van der Waals surface area (Å²) in [5.41, 5.74) is 0. The summed E-state index contributed by atoms with van der Waals surface area (Å²) >= 11 is 0. The maximum atomic E-state index is 5.52. The lowest BCUT2D eigenvalue weighted by atomic mass is 10.2. The fourth-order valence-corrected chi connectivity index (χ4v) is 0.985. The normalized spacial score (nSPS) is 11.0. The molecule has 1 rings (SSSR count). The van der Waals surface area contributed by atoms with Gasteiger partial charge in [-0.1, -0.05) is 13.8 Å².